The Balaban J connectivity index is 0.000000390. The maximum atomic E-state index is 13.2. The molecule has 0 amide bonds. The Morgan fingerprint density at radius 3 is 2.44 bits per heavy atom. The summed E-state index contributed by atoms with van der Waals surface area (Å²) in [5, 5.41) is 20.7. The number of carbonyl (C=O) groups is 3. The number of benzene rings is 1. The summed E-state index contributed by atoms with van der Waals surface area (Å²) >= 11 is 0. The standard InChI is InChI=1S/C18H23FN2O3.C4H4O4/c1-13(22)23-11-3-2-8-21-9-6-14(7-10-21)18-16-5-4-15(19)12-17(16)24-20-18;5-3(6)1-2-4(7)8/h4-5,12,14H,2-3,6-11H2,1H3;1-2H,(H,5,6)(H,7,8)/b;2-1+. The molecule has 0 bridgehead atoms. The van der Waals surface area contributed by atoms with E-state index in [9.17, 15) is 18.8 Å². The summed E-state index contributed by atoms with van der Waals surface area (Å²) in [7, 11) is 0. The molecule has 2 aromatic rings. The lowest BCUT2D eigenvalue weighted by Gasteiger charge is -2.31. The number of ether oxygens (including phenoxy) is 1. The van der Waals surface area contributed by atoms with Gasteiger partial charge in [0.05, 0.1) is 12.3 Å². The predicted molar refractivity (Wildman–Crippen MR) is 113 cm³/mol. The molecule has 1 saturated heterocycles. The molecule has 1 aromatic carbocycles. The fourth-order valence-electron chi connectivity index (χ4n) is 3.45. The van der Waals surface area contributed by atoms with Crippen LogP contribution in [0.15, 0.2) is 34.9 Å². The maximum absolute atomic E-state index is 13.2. The van der Waals surface area contributed by atoms with Crippen LogP contribution in [0.2, 0.25) is 0 Å². The van der Waals surface area contributed by atoms with E-state index in [1.807, 2.05) is 0 Å². The summed E-state index contributed by atoms with van der Waals surface area (Å²) in [4.78, 5) is 32.2. The van der Waals surface area contributed by atoms with E-state index in [-0.39, 0.29) is 11.8 Å². The molecular formula is C22H27FN2O7. The van der Waals surface area contributed by atoms with Crippen LogP contribution in [0.1, 0.15) is 44.2 Å². The van der Waals surface area contributed by atoms with E-state index in [0.29, 0.717) is 30.3 Å². The number of hydrogen-bond acceptors (Lipinski definition) is 7. The van der Waals surface area contributed by atoms with Gasteiger partial charge in [-0.1, -0.05) is 5.16 Å². The molecule has 10 heteroatoms. The first-order valence-corrected chi connectivity index (χ1v) is 10.3. The van der Waals surface area contributed by atoms with Crippen LogP contribution in [0.3, 0.4) is 0 Å². The summed E-state index contributed by atoms with van der Waals surface area (Å²) in [6, 6.07) is 4.61. The molecule has 0 aliphatic carbocycles. The van der Waals surface area contributed by atoms with Gasteiger partial charge >= 0.3 is 17.9 Å². The van der Waals surface area contributed by atoms with Crippen molar-refractivity contribution in [2.24, 2.45) is 0 Å². The zero-order valence-corrected chi connectivity index (χ0v) is 17.8. The van der Waals surface area contributed by atoms with Crippen molar-refractivity contribution in [3.8, 4) is 0 Å². The van der Waals surface area contributed by atoms with Crippen molar-refractivity contribution >= 4 is 28.9 Å². The highest BCUT2D eigenvalue weighted by Gasteiger charge is 2.24. The van der Waals surface area contributed by atoms with Gasteiger partial charge < -0.3 is 24.4 Å². The maximum Gasteiger partial charge on any atom is 0.328 e. The molecule has 3 rings (SSSR count). The highest BCUT2D eigenvalue weighted by atomic mass is 19.1. The van der Waals surface area contributed by atoms with E-state index in [1.165, 1.54) is 19.1 Å². The summed E-state index contributed by atoms with van der Waals surface area (Å²) in [6.45, 7) is 5.01. The number of carboxylic acids is 2. The third-order valence-corrected chi connectivity index (χ3v) is 4.98. The van der Waals surface area contributed by atoms with Crippen LogP contribution in [0.5, 0.6) is 0 Å². The number of fused-ring (bicyclic) bond motifs is 1. The Morgan fingerprint density at radius 2 is 1.84 bits per heavy atom. The molecule has 2 N–H and O–H groups in total. The number of likely N-dealkylation sites (tertiary alicyclic amines) is 1. The molecule has 2 heterocycles. The van der Waals surface area contributed by atoms with E-state index in [2.05, 4.69) is 10.1 Å². The van der Waals surface area contributed by atoms with Gasteiger partial charge in [-0.2, -0.15) is 0 Å². The normalized spacial score (nSPS) is 14.8. The van der Waals surface area contributed by atoms with Gasteiger partial charge in [0.2, 0.25) is 0 Å². The van der Waals surface area contributed by atoms with Crippen LogP contribution in [0.4, 0.5) is 4.39 Å². The molecule has 1 aliphatic rings. The molecular weight excluding hydrogens is 423 g/mol. The van der Waals surface area contributed by atoms with Crippen LogP contribution in [-0.4, -0.2) is 64.4 Å². The number of hydrogen-bond donors (Lipinski definition) is 2. The van der Waals surface area contributed by atoms with Gasteiger partial charge in [-0.05, 0) is 57.5 Å². The number of piperidine rings is 1. The van der Waals surface area contributed by atoms with Gasteiger partial charge in [0.1, 0.15) is 5.82 Å². The smallest absolute Gasteiger partial charge is 0.328 e. The van der Waals surface area contributed by atoms with Crippen molar-refractivity contribution in [1.29, 1.82) is 0 Å². The highest BCUT2D eigenvalue weighted by molar-refractivity contribution is 5.89. The molecule has 32 heavy (non-hydrogen) atoms. The Hall–Kier alpha value is -3.27. The third-order valence-electron chi connectivity index (χ3n) is 4.98. The summed E-state index contributed by atoms with van der Waals surface area (Å²) in [5.74, 6) is -2.65. The van der Waals surface area contributed by atoms with Crippen molar-refractivity contribution < 1.29 is 38.2 Å². The molecule has 1 aromatic heterocycles. The number of nitrogens with zero attached hydrogens (tertiary/aromatic N) is 2. The molecule has 0 saturated carbocycles. The molecule has 0 radical (unpaired) electrons. The van der Waals surface area contributed by atoms with Crippen molar-refractivity contribution in [3.63, 3.8) is 0 Å². The summed E-state index contributed by atoms with van der Waals surface area (Å²) in [6.07, 6.45) is 5.11. The van der Waals surface area contributed by atoms with E-state index in [4.69, 9.17) is 19.5 Å². The van der Waals surface area contributed by atoms with Crippen LogP contribution in [0, 0.1) is 5.82 Å². The van der Waals surface area contributed by atoms with E-state index < -0.39 is 11.9 Å². The van der Waals surface area contributed by atoms with Crippen LogP contribution in [-0.2, 0) is 19.1 Å². The molecule has 1 aliphatic heterocycles. The lowest BCUT2D eigenvalue weighted by Crippen LogP contribution is -2.33. The lowest BCUT2D eigenvalue weighted by molar-refractivity contribution is -0.141. The minimum absolute atomic E-state index is 0.212. The first kappa shape index (κ1) is 25.0. The van der Waals surface area contributed by atoms with E-state index >= 15 is 0 Å². The zero-order chi connectivity index (χ0) is 23.5. The SMILES string of the molecule is CC(=O)OCCCCN1CCC(c2noc3cc(F)ccc23)CC1.O=C(O)/C=C/C(=O)O. The monoisotopic (exact) mass is 450 g/mol. The number of aromatic nitrogens is 1. The van der Waals surface area contributed by atoms with Gasteiger partial charge in [0, 0.05) is 36.4 Å². The van der Waals surface area contributed by atoms with Crippen molar-refractivity contribution in [2.75, 3.05) is 26.2 Å². The van der Waals surface area contributed by atoms with Gasteiger partial charge in [0.15, 0.2) is 5.58 Å². The summed E-state index contributed by atoms with van der Waals surface area (Å²) in [5.41, 5.74) is 1.48. The molecule has 9 nitrogen and oxygen atoms in total. The Bertz CT molecular complexity index is 933. The topological polar surface area (TPSA) is 130 Å². The van der Waals surface area contributed by atoms with Gasteiger partial charge in [0.25, 0.3) is 0 Å². The van der Waals surface area contributed by atoms with Crippen molar-refractivity contribution in [1.82, 2.24) is 10.1 Å². The quantitative estimate of drug-likeness (QED) is 0.354. The Kier molecular flexibility index (Phi) is 9.80. The van der Waals surface area contributed by atoms with E-state index in [1.54, 1.807) is 6.07 Å². The third kappa shape index (κ3) is 8.46. The second-order valence-electron chi connectivity index (χ2n) is 7.38. The second-order valence-corrected chi connectivity index (χ2v) is 7.38. The Morgan fingerprint density at radius 1 is 1.19 bits per heavy atom. The number of carboxylic acid groups (broad SMARTS) is 2. The van der Waals surface area contributed by atoms with Gasteiger partial charge in [-0.25, -0.2) is 14.0 Å². The number of esters is 1. The number of unbranched alkanes of at least 4 members (excludes halogenated alkanes) is 1. The molecule has 174 valence electrons. The van der Waals surface area contributed by atoms with Crippen molar-refractivity contribution in [3.05, 3.63) is 41.9 Å². The van der Waals surface area contributed by atoms with E-state index in [0.717, 1.165) is 56.4 Å². The minimum Gasteiger partial charge on any atom is -0.478 e. The number of halogens is 1. The molecule has 0 unspecified atom stereocenters. The molecule has 0 spiro atoms. The lowest BCUT2D eigenvalue weighted by atomic mass is 9.91. The van der Waals surface area contributed by atoms with Gasteiger partial charge in [-0.15, -0.1) is 0 Å². The molecule has 1 fully saturated rings. The molecule has 0 atom stereocenters. The largest absolute Gasteiger partial charge is 0.478 e. The van der Waals surface area contributed by atoms with Gasteiger partial charge in [-0.3, -0.25) is 4.79 Å². The van der Waals surface area contributed by atoms with Crippen LogP contribution < -0.4 is 0 Å². The van der Waals surface area contributed by atoms with Crippen LogP contribution >= 0.6 is 0 Å². The number of carbonyl (C=O) groups excluding carboxylic acids is 1. The predicted octanol–water partition coefficient (Wildman–Crippen LogP) is 3.20. The fraction of sp³-hybridized carbons (Fsp3) is 0.455. The zero-order valence-electron chi connectivity index (χ0n) is 17.8. The highest BCUT2D eigenvalue weighted by Crippen LogP contribution is 2.32. The second kappa shape index (κ2) is 12.6. The first-order valence-electron chi connectivity index (χ1n) is 10.3. The van der Waals surface area contributed by atoms with Crippen LogP contribution in [0.25, 0.3) is 11.0 Å². The first-order chi connectivity index (χ1) is 15.3. The average Bonchev–Trinajstić information content (AvgIpc) is 3.15. The van der Waals surface area contributed by atoms with Crippen molar-refractivity contribution in [2.45, 2.75) is 38.5 Å². The fourth-order valence-corrected chi connectivity index (χ4v) is 3.45. The average molecular weight is 450 g/mol. The summed E-state index contributed by atoms with van der Waals surface area (Å²) < 4.78 is 23.5. The minimum atomic E-state index is -1.26. The number of aliphatic carboxylic acids is 2. The Labute approximate surface area is 184 Å². The number of rotatable bonds is 8.